The molecule has 4 rings (SSSR count). The van der Waals surface area contributed by atoms with Crippen LogP contribution in [0.15, 0.2) is 22.7 Å². The summed E-state index contributed by atoms with van der Waals surface area (Å²) < 4.78 is 1.23. The van der Waals surface area contributed by atoms with Gasteiger partial charge in [0.2, 0.25) is 0 Å². The van der Waals surface area contributed by atoms with Crippen LogP contribution in [0.4, 0.5) is 0 Å². The Hall–Kier alpha value is -0.380. The van der Waals surface area contributed by atoms with Crippen LogP contribution in [0.2, 0.25) is 0 Å². The second kappa shape index (κ2) is 4.32. The molecule has 2 heterocycles. The molecule has 0 radical (unpaired) electrons. The molecular formula is C15H19BrN2. The summed E-state index contributed by atoms with van der Waals surface area (Å²) in [5.74, 6) is 1.81. The van der Waals surface area contributed by atoms with Crippen molar-refractivity contribution < 1.29 is 0 Å². The summed E-state index contributed by atoms with van der Waals surface area (Å²) in [7, 11) is 0. The number of likely N-dealkylation sites (tertiary alicyclic amines) is 1. The Bertz CT molecular complexity index is 462. The van der Waals surface area contributed by atoms with E-state index >= 15 is 0 Å². The van der Waals surface area contributed by atoms with E-state index in [2.05, 4.69) is 44.3 Å². The molecular weight excluding hydrogens is 288 g/mol. The zero-order valence-electron chi connectivity index (χ0n) is 10.5. The number of benzene rings is 1. The maximum Gasteiger partial charge on any atom is 0.0354 e. The molecule has 1 aromatic rings. The van der Waals surface area contributed by atoms with Gasteiger partial charge in [-0.3, -0.25) is 4.90 Å². The Kier molecular flexibility index (Phi) is 2.75. The number of fused-ring (bicyclic) bond motifs is 2. The van der Waals surface area contributed by atoms with Crippen molar-refractivity contribution in [3.8, 4) is 0 Å². The van der Waals surface area contributed by atoms with Crippen molar-refractivity contribution in [2.75, 3.05) is 26.2 Å². The van der Waals surface area contributed by atoms with E-state index in [1.807, 2.05) is 0 Å². The lowest BCUT2D eigenvalue weighted by molar-refractivity contribution is 0.228. The average Bonchev–Trinajstić information content (AvgIpc) is 2.99. The third-order valence-electron chi connectivity index (χ3n) is 5.01. The third-order valence-corrected chi connectivity index (χ3v) is 5.51. The molecule has 96 valence electrons. The van der Waals surface area contributed by atoms with Gasteiger partial charge in [-0.25, -0.2) is 0 Å². The molecule has 0 amide bonds. The van der Waals surface area contributed by atoms with E-state index in [4.69, 9.17) is 0 Å². The predicted molar refractivity (Wildman–Crippen MR) is 76.6 cm³/mol. The second-order valence-corrected chi connectivity index (χ2v) is 6.95. The van der Waals surface area contributed by atoms with Crippen molar-refractivity contribution in [2.45, 2.75) is 18.9 Å². The van der Waals surface area contributed by atoms with E-state index in [0.717, 1.165) is 11.8 Å². The summed E-state index contributed by atoms with van der Waals surface area (Å²) in [5, 5.41) is 3.53. The van der Waals surface area contributed by atoms with Crippen molar-refractivity contribution in [1.29, 1.82) is 0 Å². The molecule has 0 spiro atoms. The Balaban J connectivity index is 1.59. The lowest BCUT2D eigenvalue weighted by Gasteiger charge is -2.25. The minimum atomic E-state index is 0.683. The Morgan fingerprint density at radius 1 is 1.17 bits per heavy atom. The van der Waals surface area contributed by atoms with Crippen LogP contribution in [-0.2, 0) is 6.42 Å². The summed E-state index contributed by atoms with van der Waals surface area (Å²) in [6.07, 6.45) is 2.58. The van der Waals surface area contributed by atoms with Crippen molar-refractivity contribution in [1.82, 2.24) is 10.2 Å². The van der Waals surface area contributed by atoms with Gasteiger partial charge in [0.1, 0.15) is 0 Å². The van der Waals surface area contributed by atoms with Crippen LogP contribution in [-0.4, -0.2) is 31.1 Å². The molecule has 0 saturated carbocycles. The number of hydrogen-bond acceptors (Lipinski definition) is 2. The molecule has 2 fully saturated rings. The Labute approximate surface area is 117 Å². The molecule has 3 aliphatic rings. The highest BCUT2D eigenvalue weighted by molar-refractivity contribution is 9.10. The Morgan fingerprint density at radius 2 is 1.94 bits per heavy atom. The zero-order valence-corrected chi connectivity index (χ0v) is 12.1. The molecule has 18 heavy (non-hydrogen) atoms. The first kappa shape index (κ1) is 11.4. The monoisotopic (exact) mass is 306 g/mol. The highest BCUT2D eigenvalue weighted by Gasteiger charge is 2.40. The summed E-state index contributed by atoms with van der Waals surface area (Å²) in [6.45, 7) is 5.07. The molecule has 2 saturated heterocycles. The van der Waals surface area contributed by atoms with Crippen molar-refractivity contribution in [3.63, 3.8) is 0 Å². The van der Waals surface area contributed by atoms with Gasteiger partial charge in [0.15, 0.2) is 0 Å². The van der Waals surface area contributed by atoms with Crippen LogP contribution in [0.1, 0.15) is 23.6 Å². The number of rotatable bonds is 1. The molecule has 1 unspecified atom stereocenters. The van der Waals surface area contributed by atoms with E-state index in [0.29, 0.717) is 6.04 Å². The van der Waals surface area contributed by atoms with E-state index in [1.54, 1.807) is 11.1 Å². The van der Waals surface area contributed by atoms with Crippen LogP contribution in [0.3, 0.4) is 0 Å². The summed E-state index contributed by atoms with van der Waals surface area (Å²) in [5.41, 5.74) is 3.15. The number of halogens is 1. The topological polar surface area (TPSA) is 15.3 Å². The lowest BCUT2D eigenvalue weighted by Crippen LogP contribution is -2.28. The zero-order chi connectivity index (χ0) is 12.1. The third kappa shape index (κ3) is 1.75. The minimum Gasteiger partial charge on any atom is -0.316 e. The number of aryl methyl sites for hydroxylation is 1. The van der Waals surface area contributed by atoms with Gasteiger partial charge in [-0.1, -0.05) is 22.0 Å². The average molecular weight is 307 g/mol. The SMILES string of the molecule is Brc1ccc2c(c1)C(N1C[C@H]3CNC[C@H]3C1)CC2. The summed E-state index contributed by atoms with van der Waals surface area (Å²) >= 11 is 3.62. The van der Waals surface area contributed by atoms with Crippen LogP contribution < -0.4 is 5.32 Å². The fourth-order valence-corrected chi connectivity index (χ4v) is 4.46. The van der Waals surface area contributed by atoms with Crippen molar-refractivity contribution in [2.24, 2.45) is 11.8 Å². The molecule has 0 bridgehead atoms. The van der Waals surface area contributed by atoms with Crippen LogP contribution >= 0.6 is 15.9 Å². The maximum absolute atomic E-state index is 3.62. The molecule has 1 N–H and O–H groups in total. The first-order chi connectivity index (χ1) is 8.81. The lowest BCUT2D eigenvalue weighted by atomic mass is 10.0. The van der Waals surface area contributed by atoms with E-state index < -0.39 is 0 Å². The minimum absolute atomic E-state index is 0.683. The summed E-state index contributed by atoms with van der Waals surface area (Å²) in [6, 6.07) is 7.52. The quantitative estimate of drug-likeness (QED) is 0.858. The first-order valence-corrected chi connectivity index (χ1v) is 7.83. The van der Waals surface area contributed by atoms with Gasteiger partial charge in [0, 0.05) is 23.6 Å². The van der Waals surface area contributed by atoms with Gasteiger partial charge in [-0.15, -0.1) is 0 Å². The fraction of sp³-hybridized carbons (Fsp3) is 0.600. The van der Waals surface area contributed by atoms with E-state index in [1.165, 1.54) is 43.5 Å². The summed E-state index contributed by atoms with van der Waals surface area (Å²) in [4.78, 5) is 2.74. The van der Waals surface area contributed by atoms with E-state index in [-0.39, 0.29) is 0 Å². The van der Waals surface area contributed by atoms with Gasteiger partial charge >= 0.3 is 0 Å². The smallest absolute Gasteiger partial charge is 0.0354 e. The van der Waals surface area contributed by atoms with E-state index in [9.17, 15) is 0 Å². The largest absolute Gasteiger partial charge is 0.316 e. The molecule has 1 aromatic carbocycles. The Morgan fingerprint density at radius 3 is 2.72 bits per heavy atom. The number of nitrogens with one attached hydrogen (secondary N) is 1. The number of hydrogen-bond donors (Lipinski definition) is 1. The van der Waals surface area contributed by atoms with Crippen molar-refractivity contribution in [3.05, 3.63) is 33.8 Å². The fourth-order valence-electron chi connectivity index (χ4n) is 4.08. The highest BCUT2D eigenvalue weighted by Crippen LogP contribution is 2.41. The maximum atomic E-state index is 3.62. The van der Waals surface area contributed by atoms with Crippen LogP contribution in [0, 0.1) is 11.8 Å². The van der Waals surface area contributed by atoms with Crippen LogP contribution in [0.5, 0.6) is 0 Å². The first-order valence-electron chi connectivity index (χ1n) is 7.04. The van der Waals surface area contributed by atoms with Gasteiger partial charge in [0.05, 0.1) is 0 Å². The molecule has 0 aromatic heterocycles. The molecule has 2 nitrogen and oxygen atoms in total. The predicted octanol–water partition coefficient (Wildman–Crippen LogP) is 2.59. The standard InChI is InChI=1S/C15H19BrN2/c16-13-3-1-10-2-4-15(14(10)5-13)18-8-11-6-17-7-12(11)9-18/h1,3,5,11-12,15,17H,2,4,6-9H2/t11-,12+,15?. The molecule has 3 atom stereocenters. The van der Waals surface area contributed by atoms with Gasteiger partial charge < -0.3 is 5.32 Å². The van der Waals surface area contributed by atoms with Crippen molar-refractivity contribution >= 4 is 15.9 Å². The van der Waals surface area contributed by atoms with Crippen LogP contribution in [0.25, 0.3) is 0 Å². The normalized spacial score (nSPS) is 34.8. The molecule has 1 aliphatic carbocycles. The number of nitrogens with zero attached hydrogens (tertiary/aromatic N) is 1. The van der Waals surface area contributed by atoms with Gasteiger partial charge in [-0.05, 0) is 61.0 Å². The molecule has 2 aliphatic heterocycles. The van der Waals surface area contributed by atoms with Gasteiger partial charge in [0.25, 0.3) is 0 Å². The second-order valence-electron chi connectivity index (χ2n) is 6.03. The van der Waals surface area contributed by atoms with Gasteiger partial charge in [-0.2, -0.15) is 0 Å². The molecule has 3 heteroatoms. The highest BCUT2D eigenvalue weighted by atomic mass is 79.9.